The second-order valence-corrected chi connectivity index (χ2v) is 9.62. The number of benzene rings is 1. The molecule has 0 radical (unpaired) electrons. The maximum atomic E-state index is 15.9. The number of aromatic nitrogens is 1. The van der Waals surface area contributed by atoms with Crippen LogP contribution in [-0.2, 0) is 0 Å². The molecule has 8 heteroatoms. The van der Waals surface area contributed by atoms with Crippen molar-refractivity contribution in [3.05, 3.63) is 65.2 Å². The van der Waals surface area contributed by atoms with Crippen molar-refractivity contribution in [3.8, 4) is 18.1 Å². The van der Waals surface area contributed by atoms with Gasteiger partial charge in [0.15, 0.2) is 5.70 Å². The molecule has 1 aromatic carbocycles. The first-order valence-corrected chi connectivity index (χ1v) is 11.6. The zero-order chi connectivity index (χ0) is 22.0. The van der Waals surface area contributed by atoms with Crippen LogP contribution in [0.15, 0.2) is 39.1 Å². The van der Waals surface area contributed by atoms with E-state index in [1.807, 2.05) is 38.1 Å². The predicted molar refractivity (Wildman–Crippen MR) is 134 cm³/mol. The van der Waals surface area contributed by atoms with E-state index in [0.29, 0.717) is 28.5 Å². The Morgan fingerprint density at radius 3 is 2.37 bits per heavy atom. The van der Waals surface area contributed by atoms with Crippen LogP contribution in [0.4, 0.5) is 8.63 Å². The van der Waals surface area contributed by atoms with Gasteiger partial charge in [-0.25, -0.2) is 0 Å². The lowest BCUT2D eigenvalue weighted by molar-refractivity contribution is -0.363. The summed E-state index contributed by atoms with van der Waals surface area (Å²) in [7, 11) is 0. The molecule has 0 amide bonds. The van der Waals surface area contributed by atoms with Crippen LogP contribution in [-0.4, -0.2) is 28.3 Å². The Bertz CT molecular complexity index is 1230. The SMILES string of the molecule is C#CCOc1ccc(C2=C3C(C)=C(I)C(C)=[N+]3[B-](F)(F)n3c(C)c(I)c(C)c32)cc1. The lowest BCUT2D eigenvalue weighted by Gasteiger charge is -2.33. The normalized spacial score (nSPS) is 17.3. The van der Waals surface area contributed by atoms with Gasteiger partial charge in [0, 0.05) is 21.8 Å². The van der Waals surface area contributed by atoms with E-state index >= 15 is 8.63 Å². The molecule has 0 saturated carbocycles. The number of rotatable bonds is 3. The van der Waals surface area contributed by atoms with Crippen molar-refractivity contribution in [1.82, 2.24) is 4.48 Å². The van der Waals surface area contributed by atoms with E-state index in [1.54, 1.807) is 13.8 Å². The minimum Gasteiger partial charge on any atom is -0.481 e. The lowest BCUT2D eigenvalue weighted by Crippen LogP contribution is -2.51. The zero-order valence-corrected chi connectivity index (χ0v) is 21.3. The highest BCUT2D eigenvalue weighted by Gasteiger charge is 2.56. The minimum absolute atomic E-state index is 0.184. The maximum absolute atomic E-state index is 15.9. The summed E-state index contributed by atoms with van der Waals surface area (Å²) in [5.74, 6) is 3.10. The average molecular weight is 630 g/mol. The summed E-state index contributed by atoms with van der Waals surface area (Å²) >= 11 is 4.34. The third-order valence-electron chi connectivity index (χ3n) is 5.77. The molecule has 0 fully saturated rings. The van der Waals surface area contributed by atoms with E-state index in [0.717, 1.165) is 29.4 Å². The first kappa shape index (κ1) is 21.6. The van der Waals surface area contributed by atoms with Gasteiger partial charge in [-0.1, -0.05) is 18.1 Å². The first-order valence-electron chi connectivity index (χ1n) is 9.43. The van der Waals surface area contributed by atoms with E-state index in [-0.39, 0.29) is 6.61 Å². The third kappa shape index (κ3) is 2.92. The average Bonchev–Trinajstić information content (AvgIpc) is 3.09. The minimum atomic E-state index is -4.00. The molecule has 0 aliphatic carbocycles. The van der Waals surface area contributed by atoms with E-state index in [2.05, 4.69) is 51.1 Å². The monoisotopic (exact) mass is 630 g/mol. The molecular weight excluding hydrogens is 611 g/mol. The van der Waals surface area contributed by atoms with Crippen LogP contribution in [0.2, 0.25) is 0 Å². The molecule has 0 unspecified atom stereocenters. The van der Waals surface area contributed by atoms with Gasteiger partial charge < -0.3 is 22.3 Å². The second-order valence-electron chi connectivity index (χ2n) is 7.47. The molecule has 30 heavy (non-hydrogen) atoms. The van der Waals surface area contributed by atoms with Gasteiger partial charge in [-0.05, 0) is 94.9 Å². The molecule has 0 N–H and O–H groups in total. The van der Waals surface area contributed by atoms with Gasteiger partial charge in [-0.3, -0.25) is 0 Å². The number of fused-ring (bicyclic) bond motifs is 2. The highest BCUT2D eigenvalue weighted by Crippen LogP contribution is 2.47. The quantitative estimate of drug-likeness (QED) is 0.234. The second kappa shape index (κ2) is 7.52. The molecule has 2 aromatic rings. The van der Waals surface area contributed by atoms with Gasteiger partial charge in [0.1, 0.15) is 18.1 Å². The zero-order valence-electron chi connectivity index (χ0n) is 17.0. The van der Waals surface area contributed by atoms with Gasteiger partial charge >= 0.3 is 6.97 Å². The molecule has 0 bridgehead atoms. The van der Waals surface area contributed by atoms with Gasteiger partial charge in [-0.15, -0.1) is 6.42 Å². The van der Waals surface area contributed by atoms with E-state index in [1.165, 1.54) is 8.96 Å². The Morgan fingerprint density at radius 2 is 1.77 bits per heavy atom. The highest BCUT2D eigenvalue weighted by atomic mass is 127. The number of ether oxygens (including phenoxy) is 1. The van der Waals surface area contributed by atoms with Crippen molar-refractivity contribution in [3.63, 3.8) is 0 Å². The van der Waals surface area contributed by atoms with Crippen LogP contribution in [0.1, 0.15) is 36.4 Å². The van der Waals surface area contributed by atoms with Crippen LogP contribution >= 0.6 is 45.2 Å². The number of hydrogen-bond acceptors (Lipinski definition) is 1. The fourth-order valence-electron chi connectivity index (χ4n) is 4.40. The van der Waals surface area contributed by atoms with Crippen LogP contribution in [0.3, 0.4) is 0 Å². The number of hydrogen-bond donors (Lipinski definition) is 0. The summed E-state index contributed by atoms with van der Waals surface area (Å²) in [5, 5.41) is 0. The Labute approximate surface area is 202 Å². The summed E-state index contributed by atoms with van der Waals surface area (Å²) in [4.78, 5) is 0. The molecule has 1 aromatic heterocycles. The molecule has 3 heterocycles. The van der Waals surface area contributed by atoms with Crippen molar-refractivity contribution in [2.75, 3.05) is 6.61 Å². The molecule has 154 valence electrons. The van der Waals surface area contributed by atoms with Crippen molar-refractivity contribution in [1.29, 1.82) is 0 Å². The van der Waals surface area contributed by atoms with Crippen molar-refractivity contribution in [2.24, 2.45) is 0 Å². The van der Waals surface area contributed by atoms with Gasteiger partial charge in [0.25, 0.3) is 0 Å². The fraction of sp³-hybridized carbons (Fsp3) is 0.227. The largest absolute Gasteiger partial charge is 0.737 e. The van der Waals surface area contributed by atoms with Crippen molar-refractivity contribution in [2.45, 2.75) is 27.7 Å². The Hall–Kier alpha value is -1.61. The summed E-state index contributed by atoms with van der Waals surface area (Å²) in [5.41, 5.74) is 5.78. The lowest BCUT2D eigenvalue weighted by atomic mass is 9.84. The van der Waals surface area contributed by atoms with Crippen LogP contribution < -0.4 is 4.74 Å². The molecule has 2 aliphatic rings. The number of allylic oxidation sites excluding steroid dienone is 2. The fourth-order valence-corrected chi connectivity index (χ4v) is 5.43. The third-order valence-corrected chi connectivity index (χ3v) is 8.95. The number of terminal acetylenes is 1. The summed E-state index contributed by atoms with van der Waals surface area (Å²) in [6.45, 7) is 3.56. The van der Waals surface area contributed by atoms with E-state index in [4.69, 9.17) is 11.2 Å². The highest BCUT2D eigenvalue weighted by molar-refractivity contribution is 14.1. The molecular formula is C22H19BF2I2N2O. The summed E-state index contributed by atoms with van der Waals surface area (Å²) in [6.07, 6.45) is 5.27. The molecule has 4 rings (SSSR count). The Morgan fingerprint density at radius 1 is 1.13 bits per heavy atom. The smallest absolute Gasteiger partial charge is 0.481 e. The molecule has 0 saturated heterocycles. The van der Waals surface area contributed by atoms with Crippen molar-refractivity contribution < 1.29 is 17.9 Å². The molecule has 0 spiro atoms. The molecule has 2 aliphatic heterocycles. The Balaban J connectivity index is 2.07. The Kier molecular flexibility index (Phi) is 5.42. The van der Waals surface area contributed by atoms with E-state index in [9.17, 15) is 0 Å². The van der Waals surface area contributed by atoms with E-state index < -0.39 is 6.97 Å². The summed E-state index contributed by atoms with van der Waals surface area (Å²) < 4.78 is 41.5. The molecule has 0 atom stereocenters. The standard InChI is InChI=1S/C22H19BF2I2N2O/c1-6-11-30-17-9-7-16(8-10-17)18-21-12(2)19(26)14(4)28(21)23(24,25)29-15(5)20(27)13(3)22(18)29/h1,7-10H,11H2,2-5H3. The van der Waals surface area contributed by atoms with Gasteiger partial charge in [0.2, 0.25) is 0 Å². The first-order chi connectivity index (χ1) is 14.1. The number of nitrogens with zero attached hydrogens (tertiary/aromatic N) is 2. The van der Waals surface area contributed by atoms with Crippen LogP contribution in [0.5, 0.6) is 5.75 Å². The predicted octanol–water partition coefficient (Wildman–Crippen LogP) is 5.91. The van der Waals surface area contributed by atoms with Crippen molar-refractivity contribution >= 4 is 63.4 Å². The van der Waals surface area contributed by atoms with Gasteiger partial charge in [-0.2, -0.15) is 0 Å². The maximum Gasteiger partial charge on any atom is 0.737 e. The summed E-state index contributed by atoms with van der Waals surface area (Å²) in [6, 6.07) is 7.49. The van der Waals surface area contributed by atoms with Crippen LogP contribution in [0.25, 0.3) is 5.57 Å². The molecule has 3 nitrogen and oxygen atoms in total. The van der Waals surface area contributed by atoms with Crippen LogP contribution in [0, 0.1) is 29.8 Å². The number of halogens is 4. The topological polar surface area (TPSA) is 17.2 Å². The van der Waals surface area contributed by atoms with Gasteiger partial charge in [0.05, 0.1) is 9.15 Å².